The van der Waals surface area contributed by atoms with Crippen LogP contribution in [0.15, 0.2) is 41.3 Å². The van der Waals surface area contributed by atoms with E-state index >= 15 is 8.78 Å². The Balaban J connectivity index is 1.84. The number of carbonyl (C=O) groups is 2. The lowest BCUT2D eigenvalue weighted by Crippen LogP contribution is -2.59. The number of piperazine rings is 1. The number of halogens is 2. The maximum Gasteiger partial charge on any atom is 0.410 e. The van der Waals surface area contributed by atoms with Gasteiger partial charge in [0.1, 0.15) is 22.9 Å². The molecule has 1 amide bonds. The van der Waals surface area contributed by atoms with Gasteiger partial charge in [0.2, 0.25) is 0 Å². The summed E-state index contributed by atoms with van der Waals surface area (Å²) in [5, 5.41) is 0.0179. The highest BCUT2D eigenvalue weighted by Crippen LogP contribution is 2.36. The van der Waals surface area contributed by atoms with Gasteiger partial charge in [-0.25, -0.2) is 27.9 Å². The smallest absolute Gasteiger partial charge is 0.410 e. The van der Waals surface area contributed by atoms with Crippen LogP contribution in [0, 0.1) is 18.5 Å². The van der Waals surface area contributed by atoms with E-state index in [0.29, 0.717) is 6.29 Å². The zero-order valence-electron chi connectivity index (χ0n) is 29.8. The number of hydrogen-bond acceptors (Lipinski definition) is 8. The van der Waals surface area contributed by atoms with Crippen molar-refractivity contribution < 1.29 is 27.2 Å². The highest BCUT2D eigenvalue weighted by atomic mass is 19.1. The van der Waals surface area contributed by atoms with Crippen LogP contribution in [0.25, 0.3) is 28.0 Å². The third kappa shape index (κ3) is 5.95. The van der Waals surface area contributed by atoms with E-state index in [9.17, 15) is 14.4 Å². The maximum absolute atomic E-state index is 16.2. The van der Waals surface area contributed by atoms with Gasteiger partial charge in [0.05, 0.1) is 16.8 Å². The van der Waals surface area contributed by atoms with Crippen molar-refractivity contribution in [3.63, 3.8) is 0 Å². The summed E-state index contributed by atoms with van der Waals surface area (Å²) in [5.41, 5.74) is -3.12. The van der Waals surface area contributed by atoms with Gasteiger partial charge in [-0.3, -0.25) is 9.78 Å². The SMILES string of the molecule is [2H]C([2H])([2H])c1ccnc(C(C)C)c1-n1c(=O)nc(N2[C@@H](C)CN(C(=O)OC(C)(C)C)C[C@@H]2C)c2cc(F)c(-c3c(F)cccc3C=O)nc21. The van der Waals surface area contributed by atoms with Crippen LogP contribution in [0.5, 0.6) is 0 Å². The lowest BCUT2D eigenvalue weighted by molar-refractivity contribution is 0.0192. The van der Waals surface area contributed by atoms with E-state index in [1.54, 1.807) is 44.4 Å². The molecule has 0 saturated carbocycles. The number of benzene rings is 1. The molecule has 1 aliphatic rings. The Morgan fingerprint density at radius 2 is 1.80 bits per heavy atom. The molecule has 1 saturated heterocycles. The summed E-state index contributed by atoms with van der Waals surface area (Å²) in [5.74, 6) is -2.28. The normalized spacial score (nSPS) is 18.3. The molecular weight excluding hydrogens is 594 g/mol. The summed E-state index contributed by atoms with van der Waals surface area (Å²) >= 11 is 0. The number of pyridine rings is 2. The number of aldehydes is 1. The highest BCUT2D eigenvalue weighted by Gasteiger charge is 2.37. The predicted molar refractivity (Wildman–Crippen MR) is 172 cm³/mol. The van der Waals surface area contributed by atoms with Gasteiger partial charge in [-0.15, -0.1) is 0 Å². The molecule has 1 aromatic carbocycles. The zero-order chi connectivity index (χ0) is 36.2. The summed E-state index contributed by atoms with van der Waals surface area (Å²) in [7, 11) is 0. The van der Waals surface area contributed by atoms with Crippen LogP contribution in [0.4, 0.5) is 19.4 Å². The number of carbonyl (C=O) groups excluding carboxylic acids is 2. The van der Waals surface area contributed by atoms with Crippen molar-refractivity contribution in [1.82, 2.24) is 24.4 Å². The number of hydrogen-bond donors (Lipinski definition) is 0. The first-order chi connectivity index (χ1) is 22.8. The van der Waals surface area contributed by atoms with Gasteiger partial charge in [-0.2, -0.15) is 4.98 Å². The summed E-state index contributed by atoms with van der Waals surface area (Å²) in [4.78, 5) is 55.8. The quantitative estimate of drug-likeness (QED) is 0.239. The third-order valence-corrected chi connectivity index (χ3v) is 7.75. The van der Waals surface area contributed by atoms with Crippen molar-refractivity contribution in [2.45, 2.75) is 78.9 Å². The van der Waals surface area contributed by atoms with Crippen LogP contribution in [0.3, 0.4) is 0 Å². The molecule has 10 nitrogen and oxygen atoms in total. The minimum atomic E-state index is -2.72. The van der Waals surface area contributed by atoms with Crippen molar-refractivity contribution in [2.24, 2.45) is 0 Å². The molecule has 0 N–H and O–H groups in total. The molecule has 3 aromatic heterocycles. The molecule has 4 aromatic rings. The third-order valence-electron chi connectivity index (χ3n) is 7.75. The Kier molecular flexibility index (Phi) is 7.63. The van der Waals surface area contributed by atoms with Gasteiger partial charge >= 0.3 is 11.8 Å². The van der Waals surface area contributed by atoms with E-state index < -0.39 is 59.2 Å². The van der Waals surface area contributed by atoms with Crippen LogP contribution in [0.1, 0.15) is 80.1 Å². The molecular formula is C34H38F2N6O4. The van der Waals surface area contributed by atoms with Crippen LogP contribution in [0.2, 0.25) is 0 Å². The van der Waals surface area contributed by atoms with E-state index in [0.717, 1.165) is 16.7 Å². The van der Waals surface area contributed by atoms with E-state index in [1.165, 1.54) is 24.4 Å². The first-order valence-corrected chi connectivity index (χ1v) is 15.0. The topological polar surface area (TPSA) is 111 Å². The van der Waals surface area contributed by atoms with Gasteiger partial charge in [0.15, 0.2) is 17.8 Å². The molecule has 5 rings (SSSR count). The Morgan fingerprint density at radius 3 is 2.41 bits per heavy atom. The van der Waals surface area contributed by atoms with E-state index in [2.05, 4.69) is 15.0 Å². The number of nitrogens with zero attached hydrogens (tertiary/aromatic N) is 6. The van der Waals surface area contributed by atoms with Crippen molar-refractivity contribution >= 4 is 29.2 Å². The fourth-order valence-corrected chi connectivity index (χ4v) is 5.91. The lowest BCUT2D eigenvalue weighted by atomic mass is 10.0. The zero-order valence-corrected chi connectivity index (χ0v) is 26.8. The van der Waals surface area contributed by atoms with Gasteiger partial charge in [0, 0.05) is 46.6 Å². The summed E-state index contributed by atoms with van der Waals surface area (Å²) < 4.78 is 62.9. The molecule has 1 aliphatic heterocycles. The Hall–Kier alpha value is -4.74. The number of aromatic nitrogens is 4. The van der Waals surface area contributed by atoms with Gasteiger partial charge < -0.3 is 14.5 Å². The highest BCUT2D eigenvalue weighted by molar-refractivity contribution is 5.93. The second-order valence-electron chi connectivity index (χ2n) is 12.8. The molecule has 4 heterocycles. The van der Waals surface area contributed by atoms with Crippen LogP contribution < -0.4 is 10.6 Å². The summed E-state index contributed by atoms with van der Waals surface area (Å²) in [6.07, 6.45) is 1.19. The first kappa shape index (κ1) is 28.7. The average Bonchev–Trinajstić information content (AvgIpc) is 2.99. The molecule has 0 radical (unpaired) electrons. The minimum absolute atomic E-state index is 0.0179. The standard InChI is InChI=1S/C34H38F2N6O4/c1-18(2)27-29(19(3)12-13-37-27)42-30-23(14-25(36)28(38-30)26-22(17-43)10-9-11-24(26)35)31(39-32(42)44)41-20(4)15-40(16-21(41)5)33(45)46-34(6,7)8/h9-14,17-18,20-21H,15-16H2,1-8H3/t20-,21-/m0/s1/i3D3. The van der Waals surface area contributed by atoms with Crippen molar-refractivity contribution in [3.8, 4) is 16.9 Å². The Labute approximate surface area is 270 Å². The number of ether oxygens (including phenoxy) is 1. The molecule has 1 fully saturated rings. The van der Waals surface area contributed by atoms with Crippen LogP contribution in [-0.2, 0) is 4.74 Å². The fraction of sp³-hybridized carbons (Fsp3) is 0.412. The van der Waals surface area contributed by atoms with Crippen molar-refractivity contribution in [2.75, 3.05) is 18.0 Å². The van der Waals surface area contributed by atoms with E-state index in [-0.39, 0.29) is 58.4 Å². The molecule has 2 atom stereocenters. The van der Waals surface area contributed by atoms with Crippen LogP contribution in [-0.4, -0.2) is 67.6 Å². The maximum atomic E-state index is 16.2. The molecule has 242 valence electrons. The second-order valence-corrected chi connectivity index (χ2v) is 12.8. The van der Waals surface area contributed by atoms with Crippen LogP contribution >= 0.6 is 0 Å². The molecule has 0 bridgehead atoms. The van der Waals surface area contributed by atoms with Gasteiger partial charge in [-0.05, 0) is 71.2 Å². The largest absolute Gasteiger partial charge is 0.444 e. The fourth-order valence-electron chi connectivity index (χ4n) is 5.91. The minimum Gasteiger partial charge on any atom is -0.444 e. The lowest BCUT2D eigenvalue weighted by Gasteiger charge is -2.45. The average molecular weight is 636 g/mol. The van der Waals surface area contributed by atoms with Crippen molar-refractivity contribution in [3.05, 3.63) is 75.5 Å². The summed E-state index contributed by atoms with van der Waals surface area (Å²) in [6, 6.07) is 5.06. The van der Waals surface area contributed by atoms with Gasteiger partial charge in [0.25, 0.3) is 0 Å². The molecule has 12 heteroatoms. The molecule has 46 heavy (non-hydrogen) atoms. The van der Waals surface area contributed by atoms with E-state index in [4.69, 9.17) is 8.85 Å². The Bertz CT molecular complexity index is 2000. The van der Waals surface area contributed by atoms with Gasteiger partial charge in [-0.1, -0.05) is 26.0 Å². The number of anilines is 1. The summed E-state index contributed by atoms with van der Waals surface area (Å²) in [6.45, 7) is 10.1. The monoisotopic (exact) mass is 635 g/mol. The first-order valence-electron chi connectivity index (χ1n) is 16.5. The molecule has 0 aliphatic carbocycles. The Morgan fingerprint density at radius 1 is 1.11 bits per heavy atom. The number of aryl methyl sites for hydroxylation is 1. The second kappa shape index (κ2) is 12.2. The van der Waals surface area contributed by atoms with E-state index in [1.807, 2.05) is 13.8 Å². The molecule has 0 spiro atoms. The number of rotatable bonds is 5. The van der Waals surface area contributed by atoms with Crippen molar-refractivity contribution in [1.29, 1.82) is 0 Å². The number of amides is 1. The number of fused-ring (bicyclic) bond motifs is 1. The molecule has 0 unspecified atom stereocenters. The predicted octanol–water partition coefficient (Wildman–Crippen LogP) is 6.20.